The Morgan fingerprint density at radius 1 is 1.11 bits per heavy atom. The predicted octanol–water partition coefficient (Wildman–Crippen LogP) is 3.54. The van der Waals surface area contributed by atoms with Gasteiger partial charge in [0.15, 0.2) is 0 Å². The third kappa shape index (κ3) is 4.51. The maximum atomic E-state index is 13.7. The van der Waals surface area contributed by atoms with E-state index in [1.54, 1.807) is 18.2 Å². The summed E-state index contributed by atoms with van der Waals surface area (Å²) < 4.78 is 54.1. The summed E-state index contributed by atoms with van der Waals surface area (Å²) >= 11 is 0. The van der Waals surface area contributed by atoms with E-state index in [0.717, 1.165) is 24.6 Å². The van der Waals surface area contributed by atoms with Crippen molar-refractivity contribution in [1.29, 1.82) is 0 Å². The molecule has 5 nitrogen and oxygen atoms in total. The minimum Gasteiger partial charge on any atom is -0.323 e. The van der Waals surface area contributed by atoms with Gasteiger partial charge in [-0.1, -0.05) is 24.6 Å². The Kier molecular flexibility index (Phi) is 5.86. The highest BCUT2D eigenvalue weighted by molar-refractivity contribution is 7.89. The van der Waals surface area contributed by atoms with E-state index < -0.39 is 33.6 Å². The molecule has 1 N–H and O–H groups in total. The Morgan fingerprint density at radius 2 is 1.85 bits per heavy atom. The number of hydrogen-bond donors (Lipinski definition) is 1. The summed E-state index contributed by atoms with van der Waals surface area (Å²) in [5.41, 5.74) is -0.256. The Balaban J connectivity index is 1.76. The van der Waals surface area contributed by atoms with Crippen LogP contribution in [0, 0.1) is 11.6 Å². The van der Waals surface area contributed by atoms with Crippen molar-refractivity contribution in [3.63, 3.8) is 0 Å². The third-order valence-corrected chi connectivity index (χ3v) is 6.51. The molecule has 3 rings (SSSR count). The maximum absolute atomic E-state index is 13.7. The molecule has 8 heteroatoms. The number of carbonyl (C=O) groups excluding carboxylic acids is 1. The van der Waals surface area contributed by atoms with E-state index in [4.69, 9.17) is 0 Å². The topological polar surface area (TPSA) is 66.5 Å². The van der Waals surface area contributed by atoms with Crippen molar-refractivity contribution in [1.82, 2.24) is 4.31 Å². The highest BCUT2D eigenvalue weighted by Crippen LogP contribution is 2.27. The van der Waals surface area contributed by atoms with Crippen LogP contribution in [0.5, 0.6) is 0 Å². The molecular formula is C19H20F2N2O3S. The van der Waals surface area contributed by atoms with E-state index in [1.165, 1.54) is 16.4 Å². The first kappa shape index (κ1) is 19.4. The van der Waals surface area contributed by atoms with Gasteiger partial charge in [0.1, 0.15) is 11.6 Å². The Hall–Kier alpha value is -2.32. The van der Waals surface area contributed by atoms with Crippen molar-refractivity contribution in [3.8, 4) is 0 Å². The molecule has 1 heterocycles. The SMILES string of the molecule is O=C(C[C@H]1CCCCN1S(=O)(=O)c1ccccc1)Nc1cc(F)ccc1F. The molecule has 1 atom stereocenters. The number of nitrogens with one attached hydrogen (secondary N) is 1. The fourth-order valence-electron chi connectivity index (χ4n) is 3.23. The average molecular weight is 394 g/mol. The number of hydrogen-bond acceptors (Lipinski definition) is 3. The molecule has 1 amide bonds. The number of sulfonamides is 1. The monoisotopic (exact) mass is 394 g/mol. The highest BCUT2D eigenvalue weighted by atomic mass is 32.2. The first-order valence-electron chi connectivity index (χ1n) is 8.70. The zero-order valence-corrected chi connectivity index (χ0v) is 15.4. The van der Waals surface area contributed by atoms with Gasteiger partial charge in [0.2, 0.25) is 15.9 Å². The van der Waals surface area contributed by atoms with Crippen LogP contribution in [0.15, 0.2) is 53.4 Å². The molecule has 144 valence electrons. The average Bonchev–Trinajstić information content (AvgIpc) is 2.66. The molecule has 1 fully saturated rings. The van der Waals surface area contributed by atoms with Gasteiger partial charge in [0.25, 0.3) is 0 Å². The van der Waals surface area contributed by atoms with Crippen molar-refractivity contribution in [2.45, 2.75) is 36.6 Å². The van der Waals surface area contributed by atoms with Crippen LogP contribution in [0.4, 0.5) is 14.5 Å². The van der Waals surface area contributed by atoms with Gasteiger partial charge in [-0.3, -0.25) is 4.79 Å². The van der Waals surface area contributed by atoms with Gasteiger partial charge in [-0.25, -0.2) is 17.2 Å². The zero-order chi connectivity index (χ0) is 19.4. The number of piperidine rings is 1. The zero-order valence-electron chi connectivity index (χ0n) is 14.6. The number of anilines is 1. The van der Waals surface area contributed by atoms with Gasteiger partial charge >= 0.3 is 0 Å². The summed E-state index contributed by atoms with van der Waals surface area (Å²) in [5, 5.41) is 2.33. The van der Waals surface area contributed by atoms with Gasteiger partial charge < -0.3 is 5.32 Å². The molecule has 1 aliphatic heterocycles. The van der Waals surface area contributed by atoms with Gasteiger partial charge in [0, 0.05) is 25.1 Å². The summed E-state index contributed by atoms with van der Waals surface area (Å²) in [7, 11) is -3.73. The number of halogens is 2. The molecule has 0 saturated carbocycles. The highest BCUT2D eigenvalue weighted by Gasteiger charge is 2.34. The Labute approximate surface area is 157 Å². The lowest BCUT2D eigenvalue weighted by molar-refractivity contribution is -0.117. The number of carbonyl (C=O) groups is 1. The molecule has 0 spiro atoms. The van der Waals surface area contributed by atoms with Crippen LogP contribution in [0.1, 0.15) is 25.7 Å². The van der Waals surface area contributed by atoms with E-state index in [2.05, 4.69) is 5.32 Å². The Morgan fingerprint density at radius 3 is 2.59 bits per heavy atom. The molecule has 0 aliphatic carbocycles. The van der Waals surface area contributed by atoms with E-state index >= 15 is 0 Å². The van der Waals surface area contributed by atoms with E-state index in [9.17, 15) is 22.0 Å². The van der Waals surface area contributed by atoms with Gasteiger partial charge in [-0.05, 0) is 37.1 Å². The number of nitrogens with zero attached hydrogens (tertiary/aromatic N) is 1. The summed E-state index contributed by atoms with van der Waals surface area (Å²) in [5.74, 6) is -1.97. The first-order chi connectivity index (χ1) is 12.9. The normalized spacial score (nSPS) is 18.2. The maximum Gasteiger partial charge on any atom is 0.243 e. The van der Waals surface area contributed by atoms with Crippen LogP contribution in [0.3, 0.4) is 0 Å². The number of amides is 1. The molecule has 1 saturated heterocycles. The van der Waals surface area contributed by atoms with E-state index in [1.807, 2.05) is 0 Å². The molecule has 0 bridgehead atoms. The third-order valence-electron chi connectivity index (χ3n) is 4.55. The van der Waals surface area contributed by atoms with Crippen LogP contribution in [0.25, 0.3) is 0 Å². The second-order valence-electron chi connectivity index (χ2n) is 6.45. The quantitative estimate of drug-likeness (QED) is 0.844. The number of rotatable bonds is 5. The van der Waals surface area contributed by atoms with Crippen LogP contribution in [0.2, 0.25) is 0 Å². The van der Waals surface area contributed by atoms with Crippen LogP contribution in [-0.2, 0) is 14.8 Å². The summed E-state index contributed by atoms with van der Waals surface area (Å²) in [6.45, 7) is 0.323. The fraction of sp³-hybridized carbons (Fsp3) is 0.316. The summed E-state index contributed by atoms with van der Waals surface area (Å²) in [4.78, 5) is 12.5. The number of benzene rings is 2. The molecule has 27 heavy (non-hydrogen) atoms. The molecule has 0 radical (unpaired) electrons. The summed E-state index contributed by atoms with van der Waals surface area (Å²) in [6, 6.07) is 10.3. The second-order valence-corrected chi connectivity index (χ2v) is 8.35. The van der Waals surface area contributed by atoms with Crippen LogP contribution >= 0.6 is 0 Å². The first-order valence-corrected chi connectivity index (χ1v) is 10.1. The van der Waals surface area contributed by atoms with Gasteiger partial charge in [-0.2, -0.15) is 4.31 Å². The van der Waals surface area contributed by atoms with Crippen molar-refractivity contribution in [2.75, 3.05) is 11.9 Å². The van der Waals surface area contributed by atoms with Crippen molar-refractivity contribution in [2.24, 2.45) is 0 Å². The smallest absolute Gasteiger partial charge is 0.243 e. The fourth-order valence-corrected chi connectivity index (χ4v) is 4.94. The molecule has 2 aromatic rings. The Bertz CT molecular complexity index is 920. The standard InChI is InChI=1S/C19H20F2N2O3S/c20-14-9-10-17(21)18(12-14)22-19(24)13-15-6-4-5-11-23(15)27(25,26)16-7-2-1-3-8-16/h1-3,7-10,12,15H,4-6,11,13H2,(H,22,24)/t15-/m1/s1. The lowest BCUT2D eigenvalue weighted by Crippen LogP contribution is -2.45. The van der Waals surface area contributed by atoms with E-state index in [0.29, 0.717) is 19.4 Å². The predicted molar refractivity (Wildman–Crippen MR) is 97.6 cm³/mol. The molecule has 0 aromatic heterocycles. The molecule has 2 aromatic carbocycles. The van der Waals surface area contributed by atoms with Gasteiger partial charge in [-0.15, -0.1) is 0 Å². The minimum absolute atomic E-state index is 0.123. The lowest BCUT2D eigenvalue weighted by Gasteiger charge is -2.34. The minimum atomic E-state index is -3.73. The van der Waals surface area contributed by atoms with Crippen molar-refractivity contribution in [3.05, 3.63) is 60.2 Å². The van der Waals surface area contributed by atoms with Crippen LogP contribution < -0.4 is 5.32 Å². The van der Waals surface area contributed by atoms with Gasteiger partial charge in [0.05, 0.1) is 10.6 Å². The molecule has 0 unspecified atom stereocenters. The summed E-state index contributed by atoms with van der Waals surface area (Å²) in [6.07, 6.45) is 1.92. The largest absolute Gasteiger partial charge is 0.323 e. The van der Waals surface area contributed by atoms with E-state index in [-0.39, 0.29) is 17.0 Å². The van der Waals surface area contributed by atoms with Crippen molar-refractivity contribution < 1.29 is 22.0 Å². The molecule has 1 aliphatic rings. The molecular weight excluding hydrogens is 374 g/mol. The lowest BCUT2D eigenvalue weighted by atomic mass is 10.0. The van der Waals surface area contributed by atoms with Crippen molar-refractivity contribution >= 4 is 21.6 Å². The van der Waals surface area contributed by atoms with Crippen LogP contribution in [-0.4, -0.2) is 31.2 Å². The second kappa shape index (κ2) is 8.14.